The van der Waals surface area contributed by atoms with Gasteiger partial charge >= 0.3 is 5.97 Å². The third-order valence-corrected chi connectivity index (χ3v) is 2.86. The lowest BCUT2D eigenvalue weighted by atomic mass is 10.00. The standard InChI is InChI=1S/C12H14FNO5/c1-17-7-4-8-12(19-5-18-8)10(11(7)13)6(14)2-3-9(15)16/h4,6H,2-3,5,14H2,1H3,(H,15,16). The monoisotopic (exact) mass is 271 g/mol. The maximum Gasteiger partial charge on any atom is 0.303 e. The highest BCUT2D eigenvalue weighted by Gasteiger charge is 2.28. The highest BCUT2D eigenvalue weighted by molar-refractivity contribution is 5.67. The molecule has 7 heteroatoms. The topological polar surface area (TPSA) is 91.0 Å². The first kappa shape index (κ1) is 13.4. The van der Waals surface area contributed by atoms with E-state index < -0.39 is 17.8 Å². The van der Waals surface area contributed by atoms with Crippen LogP contribution in [-0.4, -0.2) is 25.0 Å². The zero-order valence-corrected chi connectivity index (χ0v) is 10.3. The Morgan fingerprint density at radius 1 is 1.63 bits per heavy atom. The molecule has 1 unspecified atom stereocenters. The SMILES string of the molecule is COc1cc2c(c(C(N)CCC(=O)O)c1F)OCO2. The van der Waals surface area contributed by atoms with Crippen molar-refractivity contribution >= 4 is 5.97 Å². The van der Waals surface area contributed by atoms with Gasteiger partial charge in [0.25, 0.3) is 0 Å². The molecule has 0 spiro atoms. The number of aliphatic carboxylic acids is 1. The van der Waals surface area contributed by atoms with E-state index in [0.29, 0.717) is 5.75 Å². The molecule has 1 heterocycles. The van der Waals surface area contributed by atoms with Gasteiger partial charge in [0, 0.05) is 18.5 Å². The number of hydrogen-bond donors (Lipinski definition) is 2. The van der Waals surface area contributed by atoms with Gasteiger partial charge in [0.15, 0.2) is 23.1 Å². The molecule has 1 aliphatic heterocycles. The van der Waals surface area contributed by atoms with Gasteiger partial charge in [-0.15, -0.1) is 0 Å². The van der Waals surface area contributed by atoms with Crippen LogP contribution in [0.3, 0.4) is 0 Å². The van der Waals surface area contributed by atoms with Crippen LogP contribution in [0.15, 0.2) is 6.07 Å². The second-order valence-electron chi connectivity index (χ2n) is 4.08. The first-order valence-electron chi connectivity index (χ1n) is 5.68. The lowest BCUT2D eigenvalue weighted by Gasteiger charge is -2.16. The number of rotatable bonds is 5. The Kier molecular flexibility index (Phi) is 3.75. The van der Waals surface area contributed by atoms with Crippen molar-refractivity contribution in [3.63, 3.8) is 0 Å². The molecule has 19 heavy (non-hydrogen) atoms. The number of carbonyl (C=O) groups is 1. The van der Waals surface area contributed by atoms with Crippen LogP contribution in [0.5, 0.6) is 17.2 Å². The number of methoxy groups -OCH3 is 1. The molecule has 3 N–H and O–H groups in total. The number of fused-ring (bicyclic) bond motifs is 1. The van der Waals surface area contributed by atoms with Gasteiger partial charge in [-0.1, -0.05) is 0 Å². The van der Waals surface area contributed by atoms with Crippen LogP contribution in [-0.2, 0) is 4.79 Å². The molecule has 0 bridgehead atoms. The molecule has 0 fully saturated rings. The first-order valence-corrected chi connectivity index (χ1v) is 5.68. The molecule has 0 amide bonds. The van der Waals surface area contributed by atoms with E-state index >= 15 is 0 Å². The molecule has 1 aromatic carbocycles. The lowest BCUT2D eigenvalue weighted by Crippen LogP contribution is -2.15. The molecule has 0 saturated carbocycles. The highest BCUT2D eigenvalue weighted by atomic mass is 19.1. The summed E-state index contributed by atoms with van der Waals surface area (Å²) in [5.41, 5.74) is 5.94. The summed E-state index contributed by atoms with van der Waals surface area (Å²) in [5, 5.41) is 8.64. The van der Waals surface area contributed by atoms with Gasteiger partial charge in [0.2, 0.25) is 6.79 Å². The van der Waals surface area contributed by atoms with Gasteiger partial charge in [0.1, 0.15) is 0 Å². The zero-order valence-electron chi connectivity index (χ0n) is 10.3. The summed E-state index contributed by atoms with van der Waals surface area (Å²) in [6.07, 6.45) is -0.0668. The molecule has 0 aromatic heterocycles. The number of carboxylic acid groups (broad SMARTS) is 1. The average Bonchev–Trinajstić information content (AvgIpc) is 2.82. The Hall–Kier alpha value is -2.02. The smallest absolute Gasteiger partial charge is 0.303 e. The van der Waals surface area contributed by atoms with E-state index in [-0.39, 0.29) is 36.7 Å². The summed E-state index contributed by atoms with van der Waals surface area (Å²) in [4.78, 5) is 10.5. The van der Waals surface area contributed by atoms with Gasteiger partial charge < -0.3 is 25.1 Å². The predicted octanol–water partition coefficient (Wildman–Crippen LogP) is 1.43. The van der Waals surface area contributed by atoms with Crippen molar-refractivity contribution in [2.75, 3.05) is 13.9 Å². The van der Waals surface area contributed by atoms with E-state index in [1.807, 2.05) is 0 Å². The highest BCUT2D eigenvalue weighted by Crippen LogP contribution is 2.44. The molecule has 6 nitrogen and oxygen atoms in total. The number of benzene rings is 1. The largest absolute Gasteiger partial charge is 0.494 e. The van der Waals surface area contributed by atoms with Crippen molar-refractivity contribution in [2.24, 2.45) is 5.73 Å². The average molecular weight is 271 g/mol. The Labute approximate surface area is 108 Å². The van der Waals surface area contributed by atoms with Crippen LogP contribution >= 0.6 is 0 Å². The zero-order chi connectivity index (χ0) is 14.0. The summed E-state index contributed by atoms with van der Waals surface area (Å²) < 4.78 is 29.5. The molecule has 1 atom stereocenters. The maximum atomic E-state index is 14.2. The molecule has 1 aliphatic rings. The van der Waals surface area contributed by atoms with E-state index in [1.165, 1.54) is 13.2 Å². The second kappa shape index (κ2) is 5.31. The molecule has 1 aromatic rings. The van der Waals surface area contributed by atoms with Crippen molar-refractivity contribution in [2.45, 2.75) is 18.9 Å². The van der Waals surface area contributed by atoms with E-state index in [4.69, 9.17) is 25.1 Å². The number of hydrogen-bond acceptors (Lipinski definition) is 5. The summed E-state index contributed by atoms with van der Waals surface area (Å²) in [6, 6.07) is 0.576. The minimum absolute atomic E-state index is 0.00924. The van der Waals surface area contributed by atoms with Crippen LogP contribution in [0, 0.1) is 5.82 Å². The van der Waals surface area contributed by atoms with Crippen LogP contribution in [0.4, 0.5) is 4.39 Å². The summed E-state index contributed by atoms with van der Waals surface area (Å²) in [5.74, 6) is -1.09. The van der Waals surface area contributed by atoms with Gasteiger partial charge in [0.05, 0.1) is 12.7 Å². The molecule has 2 rings (SSSR count). The van der Waals surface area contributed by atoms with Crippen molar-refractivity contribution in [1.82, 2.24) is 0 Å². The molecule has 0 radical (unpaired) electrons. The summed E-state index contributed by atoms with van der Waals surface area (Å²) in [7, 11) is 1.33. The molecule has 104 valence electrons. The van der Waals surface area contributed by atoms with Gasteiger partial charge in [-0.25, -0.2) is 4.39 Å². The number of halogens is 1. The summed E-state index contributed by atoms with van der Waals surface area (Å²) >= 11 is 0. The van der Waals surface area contributed by atoms with E-state index in [0.717, 1.165) is 0 Å². The number of nitrogens with two attached hydrogens (primary N) is 1. The minimum atomic E-state index is -0.993. The summed E-state index contributed by atoms with van der Waals surface area (Å²) in [6.45, 7) is -0.0272. The fourth-order valence-corrected chi connectivity index (χ4v) is 1.92. The Morgan fingerprint density at radius 2 is 2.37 bits per heavy atom. The fraction of sp³-hybridized carbons (Fsp3) is 0.417. The Bertz CT molecular complexity index is 505. The third kappa shape index (κ3) is 2.55. The molecule has 0 saturated heterocycles. The number of carboxylic acids is 1. The van der Waals surface area contributed by atoms with Gasteiger partial charge in [-0.05, 0) is 6.42 Å². The van der Waals surface area contributed by atoms with Crippen molar-refractivity contribution in [1.29, 1.82) is 0 Å². The molecular weight excluding hydrogens is 257 g/mol. The fourth-order valence-electron chi connectivity index (χ4n) is 1.92. The normalized spacial score (nSPS) is 14.3. The van der Waals surface area contributed by atoms with Gasteiger partial charge in [-0.2, -0.15) is 0 Å². The Balaban J connectivity index is 2.37. The number of ether oxygens (including phenoxy) is 3. The van der Waals surface area contributed by atoms with Crippen LogP contribution in [0.25, 0.3) is 0 Å². The van der Waals surface area contributed by atoms with E-state index in [9.17, 15) is 9.18 Å². The van der Waals surface area contributed by atoms with Crippen LogP contribution in [0.1, 0.15) is 24.4 Å². The predicted molar refractivity (Wildman–Crippen MR) is 62.9 cm³/mol. The van der Waals surface area contributed by atoms with E-state index in [2.05, 4.69) is 0 Å². The quantitative estimate of drug-likeness (QED) is 0.841. The maximum absolute atomic E-state index is 14.2. The lowest BCUT2D eigenvalue weighted by molar-refractivity contribution is -0.137. The molecule has 0 aliphatic carbocycles. The van der Waals surface area contributed by atoms with Crippen molar-refractivity contribution < 1.29 is 28.5 Å². The third-order valence-electron chi connectivity index (χ3n) is 2.86. The second-order valence-corrected chi connectivity index (χ2v) is 4.08. The first-order chi connectivity index (χ1) is 9.04. The van der Waals surface area contributed by atoms with Crippen LogP contribution < -0.4 is 19.9 Å². The minimum Gasteiger partial charge on any atom is -0.494 e. The van der Waals surface area contributed by atoms with Crippen molar-refractivity contribution in [3.8, 4) is 17.2 Å². The Morgan fingerprint density at radius 3 is 3.00 bits per heavy atom. The molecular formula is C12H14FNO5. The van der Waals surface area contributed by atoms with Crippen LogP contribution in [0.2, 0.25) is 0 Å². The van der Waals surface area contributed by atoms with Crippen molar-refractivity contribution in [3.05, 3.63) is 17.4 Å². The van der Waals surface area contributed by atoms with Gasteiger partial charge in [-0.3, -0.25) is 4.79 Å². The van der Waals surface area contributed by atoms with E-state index in [1.54, 1.807) is 0 Å².